The third-order valence-electron chi connectivity index (χ3n) is 12.5. The minimum Gasteiger partial charge on any atom is -0.493 e. The molecule has 7 N–H and O–H groups in total. The number of amides is 1. The zero-order chi connectivity index (χ0) is 46.8. The highest BCUT2D eigenvalue weighted by Gasteiger charge is 2.46. The monoisotopic (exact) mass is 910 g/mol. The minimum atomic E-state index is -0.448. The number of carbonyl (C=O) groups excluding carboxylic acids is 1. The van der Waals surface area contributed by atoms with Crippen molar-refractivity contribution < 1.29 is 28.5 Å². The average Bonchev–Trinajstić information content (AvgIpc) is 4.21. The topological polar surface area (TPSA) is 183 Å². The Morgan fingerprint density at radius 2 is 1.16 bits per heavy atom. The van der Waals surface area contributed by atoms with E-state index in [2.05, 4.69) is 85.3 Å². The van der Waals surface area contributed by atoms with Gasteiger partial charge in [-0.25, -0.2) is 4.79 Å². The predicted molar refractivity (Wildman–Crippen MR) is 268 cm³/mol. The highest BCUT2D eigenvalue weighted by molar-refractivity contribution is 5.97. The molecule has 4 heterocycles. The molecule has 9 aromatic rings. The van der Waals surface area contributed by atoms with Crippen molar-refractivity contribution >= 4 is 72.5 Å². The molecule has 0 spiro atoms. The number of pyridine rings is 2. The lowest BCUT2D eigenvalue weighted by molar-refractivity contribution is 0.128. The average molecular weight is 911 g/mol. The molecule has 0 bridgehead atoms. The molecule has 68 heavy (non-hydrogen) atoms. The van der Waals surface area contributed by atoms with Gasteiger partial charge < -0.3 is 55.3 Å². The molecule has 1 amide bonds. The maximum Gasteiger partial charge on any atom is 0.408 e. The molecule has 2 aliphatic rings. The van der Waals surface area contributed by atoms with Crippen LogP contribution in [0, 0.1) is 13.8 Å². The summed E-state index contributed by atoms with van der Waals surface area (Å²) < 4.78 is 28.8. The first-order valence-corrected chi connectivity index (χ1v) is 22.7. The highest BCUT2D eigenvalue weighted by atomic mass is 16.6. The molecule has 14 nitrogen and oxygen atoms in total. The molecule has 0 atom stereocenters. The molecule has 11 rings (SSSR count). The number of aryl methyl sites for hydroxylation is 2. The summed E-state index contributed by atoms with van der Waals surface area (Å²) >= 11 is 0. The zero-order valence-corrected chi connectivity index (χ0v) is 38.5. The van der Waals surface area contributed by atoms with Crippen molar-refractivity contribution in [1.29, 1.82) is 0 Å². The Labute approximate surface area is 393 Å². The second kappa shape index (κ2) is 18.4. The second-order valence-corrected chi connectivity index (χ2v) is 17.9. The number of nitrogens with one attached hydrogen (secondary N) is 5. The number of aromatic nitrogens is 4. The Hall–Kier alpha value is -7.97. The Morgan fingerprint density at radius 3 is 1.66 bits per heavy atom. The van der Waals surface area contributed by atoms with Crippen LogP contribution in [0.4, 0.5) is 27.5 Å². The highest BCUT2D eigenvalue weighted by Crippen LogP contribution is 2.41. The molecule has 0 radical (unpaired) electrons. The molecule has 2 aliphatic carbocycles. The van der Waals surface area contributed by atoms with Gasteiger partial charge >= 0.3 is 6.09 Å². The Kier molecular flexibility index (Phi) is 11.9. The van der Waals surface area contributed by atoms with Gasteiger partial charge in [0.15, 0.2) is 23.0 Å². The van der Waals surface area contributed by atoms with Crippen molar-refractivity contribution in [2.75, 3.05) is 38.1 Å². The Balaban J connectivity index is 0.000000165. The summed E-state index contributed by atoms with van der Waals surface area (Å²) in [5, 5.41) is 14.2. The van der Waals surface area contributed by atoms with Crippen LogP contribution in [-0.2, 0) is 11.3 Å². The van der Waals surface area contributed by atoms with E-state index in [0.29, 0.717) is 36.2 Å². The minimum absolute atomic E-state index is 0.188. The van der Waals surface area contributed by atoms with Gasteiger partial charge in [0, 0.05) is 91.2 Å². The van der Waals surface area contributed by atoms with E-state index in [9.17, 15) is 4.79 Å². The van der Waals surface area contributed by atoms with Crippen LogP contribution in [0.5, 0.6) is 23.0 Å². The van der Waals surface area contributed by atoms with E-state index in [1.165, 1.54) is 5.39 Å². The molecule has 0 unspecified atom stereocenters. The van der Waals surface area contributed by atoms with Crippen molar-refractivity contribution in [3.63, 3.8) is 0 Å². The van der Waals surface area contributed by atoms with Crippen LogP contribution in [0.2, 0.25) is 0 Å². The molecule has 2 fully saturated rings. The lowest BCUT2D eigenvalue weighted by atomic mass is 10.1. The van der Waals surface area contributed by atoms with Gasteiger partial charge in [-0.1, -0.05) is 30.3 Å². The third kappa shape index (κ3) is 9.91. The van der Waals surface area contributed by atoms with E-state index in [0.717, 1.165) is 104 Å². The number of hydrogen-bond donors (Lipinski definition) is 6. The van der Waals surface area contributed by atoms with Crippen molar-refractivity contribution in [2.24, 2.45) is 5.73 Å². The number of rotatable bonds is 15. The van der Waals surface area contributed by atoms with E-state index >= 15 is 0 Å². The molecule has 346 valence electrons. The largest absolute Gasteiger partial charge is 0.493 e. The van der Waals surface area contributed by atoms with Crippen molar-refractivity contribution in [1.82, 2.24) is 25.3 Å². The van der Waals surface area contributed by atoms with E-state index in [1.807, 2.05) is 79.7 Å². The van der Waals surface area contributed by atoms with Crippen LogP contribution in [0.3, 0.4) is 0 Å². The Bertz CT molecular complexity index is 3290. The molecule has 14 heteroatoms. The summed E-state index contributed by atoms with van der Waals surface area (Å²) in [6.07, 6.45) is 6.76. The number of nitrogens with zero attached hydrogens (tertiary/aromatic N) is 2. The van der Waals surface area contributed by atoms with Crippen LogP contribution in [-0.4, -0.2) is 64.5 Å². The number of anilines is 4. The SMILES string of the molecule is COc1cc2c(Nc3ccc4[nH]c(C)cc4c3)ccnc2cc1OCC1(N)CC1.COc1cc2c(Nc3ccc4[nH]c(C)cc4c3)ccnc2cc1OCC1(NC(=O)OCc2ccccc2)CC1. The smallest absolute Gasteiger partial charge is 0.408 e. The Morgan fingerprint density at radius 1 is 0.632 bits per heavy atom. The first kappa shape index (κ1) is 43.9. The number of ether oxygens (including phenoxy) is 5. The molecular weight excluding hydrogens is 857 g/mol. The van der Waals surface area contributed by atoms with Gasteiger partial charge in [-0.3, -0.25) is 9.97 Å². The number of alkyl carbamates (subject to hydrolysis) is 1. The predicted octanol–water partition coefficient (Wildman–Crippen LogP) is 11.3. The first-order valence-electron chi connectivity index (χ1n) is 22.7. The molecule has 0 aliphatic heterocycles. The summed E-state index contributed by atoms with van der Waals surface area (Å²) in [5.41, 5.74) is 16.5. The van der Waals surface area contributed by atoms with Gasteiger partial charge in [0.1, 0.15) is 19.8 Å². The van der Waals surface area contributed by atoms with Crippen LogP contribution in [0.1, 0.15) is 42.6 Å². The second-order valence-electron chi connectivity index (χ2n) is 17.9. The van der Waals surface area contributed by atoms with Crippen LogP contribution >= 0.6 is 0 Å². The fourth-order valence-corrected chi connectivity index (χ4v) is 8.27. The summed E-state index contributed by atoms with van der Waals surface area (Å²) in [4.78, 5) is 28.2. The molecular formula is C54H54N8O6. The number of benzene rings is 5. The molecule has 0 saturated heterocycles. The number of aromatic amines is 2. The summed E-state index contributed by atoms with van der Waals surface area (Å²) in [5.74, 6) is 2.52. The van der Waals surface area contributed by atoms with E-state index in [1.54, 1.807) is 26.6 Å². The molecule has 5 aromatic carbocycles. The summed E-state index contributed by atoms with van der Waals surface area (Å²) in [6, 6.07) is 38.0. The number of nitrogens with two attached hydrogens (primary N) is 1. The fourth-order valence-electron chi connectivity index (χ4n) is 8.27. The van der Waals surface area contributed by atoms with Crippen molar-refractivity contribution in [2.45, 2.75) is 57.2 Å². The third-order valence-corrected chi connectivity index (χ3v) is 12.5. The number of hydrogen-bond acceptors (Lipinski definition) is 11. The van der Waals surface area contributed by atoms with Crippen LogP contribution < -0.4 is 40.6 Å². The zero-order valence-electron chi connectivity index (χ0n) is 38.5. The van der Waals surface area contributed by atoms with Gasteiger partial charge in [-0.2, -0.15) is 0 Å². The maximum atomic E-state index is 12.4. The molecule has 2 saturated carbocycles. The number of fused-ring (bicyclic) bond motifs is 4. The standard InChI is InChI=1S/C31H30N4O4.C23H24N4O2/c1-20-14-22-15-23(8-9-25(22)33-20)34-26-10-13-32-27-17-29(28(37-2)16-24(26)27)39-19-31(11-12-31)35-30(36)38-18-21-6-4-3-5-7-21;1-14-9-15-10-16(3-4-18(15)26-14)27-19-5-8-25-20-12-22(21(28-2)11-17(19)20)29-13-23(24)6-7-23/h3-10,13-17,33H,11-12,18-19H2,1-2H3,(H,32,34)(H,35,36);3-5,8-12,26H,6-7,13,24H2,1-2H3,(H,25,27). The maximum absolute atomic E-state index is 12.4. The number of carbonyl (C=O) groups is 1. The normalized spacial score (nSPS) is 14.2. The molecule has 4 aromatic heterocycles. The van der Waals surface area contributed by atoms with Gasteiger partial charge in [-0.15, -0.1) is 0 Å². The van der Waals surface area contributed by atoms with Gasteiger partial charge in [0.2, 0.25) is 0 Å². The van der Waals surface area contributed by atoms with E-state index in [4.69, 9.17) is 29.4 Å². The van der Waals surface area contributed by atoms with E-state index < -0.39 is 11.6 Å². The number of methoxy groups -OCH3 is 2. The summed E-state index contributed by atoms with van der Waals surface area (Å²) in [7, 11) is 3.26. The lowest BCUT2D eigenvalue weighted by Gasteiger charge is -2.20. The quantitative estimate of drug-likeness (QED) is 0.0576. The van der Waals surface area contributed by atoms with Crippen LogP contribution in [0.25, 0.3) is 43.6 Å². The van der Waals surface area contributed by atoms with Crippen molar-refractivity contribution in [3.05, 3.63) is 145 Å². The van der Waals surface area contributed by atoms with Gasteiger partial charge in [-0.05, 0) is 118 Å². The van der Waals surface area contributed by atoms with Gasteiger partial charge in [0.05, 0.1) is 36.3 Å². The summed E-state index contributed by atoms with van der Waals surface area (Å²) in [6.45, 7) is 5.13. The lowest BCUT2D eigenvalue weighted by Crippen LogP contribution is -2.41. The number of H-pyrrole nitrogens is 2. The van der Waals surface area contributed by atoms with Crippen molar-refractivity contribution in [3.8, 4) is 23.0 Å². The fraction of sp³-hybridized carbons (Fsp3) is 0.241. The van der Waals surface area contributed by atoms with E-state index in [-0.39, 0.29) is 12.1 Å². The van der Waals surface area contributed by atoms with Gasteiger partial charge in [0.25, 0.3) is 0 Å². The van der Waals surface area contributed by atoms with Crippen LogP contribution in [0.15, 0.2) is 128 Å². The first-order chi connectivity index (χ1) is 33.0.